The van der Waals surface area contributed by atoms with Crippen molar-refractivity contribution < 1.29 is 32.2 Å². The monoisotopic (exact) mass is 352 g/mol. The van der Waals surface area contributed by atoms with E-state index in [4.69, 9.17) is 4.74 Å². The van der Waals surface area contributed by atoms with Gasteiger partial charge < -0.3 is 9.47 Å². The van der Waals surface area contributed by atoms with Crippen molar-refractivity contribution in [2.45, 2.75) is 19.7 Å². The first-order chi connectivity index (χ1) is 11.7. The fourth-order valence-electron chi connectivity index (χ4n) is 2.28. The predicted octanol–water partition coefficient (Wildman–Crippen LogP) is 4.27. The van der Waals surface area contributed by atoms with Gasteiger partial charge in [0.05, 0.1) is 18.2 Å². The van der Waals surface area contributed by atoms with E-state index in [-0.39, 0.29) is 34.8 Å². The van der Waals surface area contributed by atoms with Crippen LogP contribution in [0, 0.1) is 0 Å². The number of benzene rings is 2. The van der Waals surface area contributed by atoms with Crippen molar-refractivity contribution >= 4 is 11.8 Å². The van der Waals surface area contributed by atoms with E-state index in [9.17, 15) is 22.8 Å². The first-order valence-corrected chi connectivity index (χ1v) is 7.25. The Kier molecular flexibility index (Phi) is 5.46. The number of hydrogen-bond donors (Lipinski definition) is 0. The highest BCUT2D eigenvalue weighted by molar-refractivity contribution is 6.05. The van der Waals surface area contributed by atoms with Crippen molar-refractivity contribution in [2.24, 2.45) is 0 Å². The molecule has 0 aliphatic rings. The van der Waals surface area contributed by atoms with E-state index >= 15 is 0 Å². The Balaban J connectivity index is 2.28. The van der Waals surface area contributed by atoms with Crippen LogP contribution in [0.1, 0.15) is 38.8 Å². The van der Waals surface area contributed by atoms with Crippen LogP contribution < -0.4 is 4.74 Å². The summed E-state index contributed by atoms with van der Waals surface area (Å²) in [5.41, 5.74) is -0.680. The molecule has 132 valence electrons. The number of carbonyl (C=O) groups is 2. The number of ether oxygens (including phenoxy) is 2. The van der Waals surface area contributed by atoms with Crippen LogP contribution in [-0.2, 0) is 17.5 Å². The number of esters is 1. The van der Waals surface area contributed by atoms with Gasteiger partial charge in [-0.2, -0.15) is 13.2 Å². The molecule has 0 saturated carbocycles. The molecule has 0 saturated heterocycles. The van der Waals surface area contributed by atoms with E-state index in [2.05, 4.69) is 4.74 Å². The number of hydrogen-bond acceptors (Lipinski definition) is 4. The average molecular weight is 352 g/mol. The zero-order valence-electron chi connectivity index (χ0n) is 13.5. The van der Waals surface area contributed by atoms with Gasteiger partial charge in [-0.3, -0.25) is 4.79 Å². The van der Waals surface area contributed by atoms with E-state index in [0.29, 0.717) is 0 Å². The molecule has 0 bridgehead atoms. The second-order valence-corrected chi connectivity index (χ2v) is 5.20. The summed E-state index contributed by atoms with van der Waals surface area (Å²) < 4.78 is 48.9. The van der Waals surface area contributed by atoms with Crippen LogP contribution in [0.5, 0.6) is 5.75 Å². The maximum Gasteiger partial charge on any atom is 0.416 e. The lowest BCUT2D eigenvalue weighted by atomic mass is 10.0. The third-order valence-electron chi connectivity index (χ3n) is 3.49. The van der Waals surface area contributed by atoms with Gasteiger partial charge in [-0.05, 0) is 31.2 Å². The number of halogens is 3. The Morgan fingerprint density at radius 2 is 1.72 bits per heavy atom. The van der Waals surface area contributed by atoms with Crippen molar-refractivity contribution in [3.8, 4) is 5.75 Å². The van der Waals surface area contributed by atoms with E-state index in [1.165, 1.54) is 50.4 Å². The minimum Gasteiger partial charge on any atom is -0.489 e. The molecular weight excluding hydrogens is 337 g/mol. The summed E-state index contributed by atoms with van der Waals surface area (Å²) in [4.78, 5) is 23.3. The van der Waals surface area contributed by atoms with Crippen LogP contribution in [0.15, 0.2) is 42.5 Å². The lowest BCUT2D eigenvalue weighted by molar-refractivity contribution is -0.138. The molecule has 4 nitrogen and oxygen atoms in total. The van der Waals surface area contributed by atoms with E-state index in [1.807, 2.05) is 0 Å². The van der Waals surface area contributed by atoms with Crippen LogP contribution in [0.2, 0.25) is 0 Å². The Morgan fingerprint density at radius 3 is 2.32 bits per heavy atom. The van der Waals surface area contributed by atoms with Gasteiger partial charge in [0.25, 0.3) is 0 Å². The van der Waals surface area contributed by atoms with Gasteiger partial charge in [0.15, 0.2) is 5.78 Å². The maximum atomic E-state index is 13.0. The topological polar surface area (TPSA) is 52.6 Å². The standard InChI is InChI=1S/C18H15F3O4/c1-11(22)14-8-7-13(9-15(14)17(23)24-2)25-10-12-5-3-4-6-16(12)18(19,20)21/h3-9H,10H2,1-2H3. The summed E-state index contributed by atoms with van der Waals surface area (Å²) in [6.45, 7) is 0.956. The number of ketones is 1. The Hall–Kier alpha value is -2.83. The molecule has 0 fully saturated rings. The molecule has 0 unspecified atom stereocenters. The molecule has 0 radical (unpaired) electrons. The summed E-state index contributed by atoms with van der Waals surface area (Å²) in [5, 5.41) is 0. The molecule has 0 spiro atoms. The van der Waals surface area contributed by atoms with Gasteiger partial charge in [-0.1, -0.05) is 18.2 Å². The molecule has 0 atom stereocenters. The molecule has 0 aromatic heterocycles. The van der Waals surface area contributed by atoms with Crippen LogP contribution in [0.25, 0.3) is 0 Å². The predicted molar refractivity (Wildman–Crippen MR) is 83.6 cm³/mol. The van der Waals surface area contributed by atoms with Crippen LogP contribution in [0.4, 0.5) is 13.2 Å². The fraction of sp³-hybridized carbons (Fsp3) is 0.222. The number of rotatable bonds is 5. The molecule has 0 aliphatic carbocycles. The Labute approximate surface area is 142 Å². The summed E-state index contributed by atoms with van der Waals surface area (Å²) in [5.74, 6) is -0.914. The van der Waals surface area contributed by atoms with Crippen LogP contribution >= 0.6 is 0 Å². The van der Waals surface area contributed by atoms with Crippen LogP contribution in [-0.4, -0.2) is 18.9 Å². The smallest absolute Gasteiger partial charge is 0.416 e. The van der Waals surface area contributed by atoms with Crippen LogP contribution in [0.3, 0.4) is 0 Å². The fourth-order valence-corrected chi connectivity index (χ4v) is 2.28. The highest BCUT2D eigenvalue weighted by Crippen LogP contribution is 2.32. The van der Waals surface area contributed by atoms with Gasteiger partial charge in [0.2, 0.25) is 0 Å². The Bertz CT molecular complexity index is 797. The molecular formula is C18H15F3O4. The summed E-state index contributed by atoms with van der Waals surface area (Å²) in [7, 11) is 1.17. The highest BCUT2D eigenvalue weighted by Gasteiger charge is 2.33. The van der Waals surface area contributed by atoms with Gasteiger partial charge in [0, 0.05) is 11.1 Å². The van der Waals surface area contributed by atoms with Gasteiger partial charge in [0.1, 0.15) is 12.4 Å². The minimum absolute atomic E-state index is 0.00314. The minimum atomic E-state index is -4.49. The third-order valence-corrected chi connectivity index (χ3v) is 3.49. The maximum absolute atomic E-state index is 13.0. The lowest BCUT2D eigenvalue weighted by Crippen LogP contribution is -2.11. The number of alkyl halides is 3. The van der Waals surface area contributed by atoms with Crippen molar-refractivity contribution in [3.63, 3.8) is 0 Å². The molecule has 2 aromatic rings. The summed E-state index contributed by atoms with van der Waals surface area (Å²) >= 11 is 0. The molecule has 2 aromatic carbocycles. The zero-order chi connectivity index (χ0) is 18.6. The number of Topliss-reactive ketones (excluding diaryl/α,β-unsaturated/α-hetero) is 1. The average Bonchev–Trinajstić information content (AvgIpc) is 2.58. The summed E-state index contributed by atoms with van der Waals surface area (Å²) in [6, 6.07) is 9.12. The van der Waals surface area contributed by atoms with Crippen molar-refractivity contribution in [1.29, 1.82) is 0 Å². The third kappa shape index (κ3) is 4.37. The second kappa shape index (κ2) is 7.38. The zero-order valence-corrected chi connectivity index (χ0v) is 13.5. The van der Waals surface area contributed by atoms with Gasteiger partial charge in [-0.15, -0.1) is 0 Å². The molecule has 0 heterocycles. The van der Waals surface area contributed by atoms with E-state index in [0.717, 1.165) is 6.07 Å². The molecule has 0 amide bonds. The molecule has 0 aliphatic heterocycles. The molecule has 25 heavy (non-hydrogen) atoms. The van der Waals surface area contributed by atoms with E-state index in [1.54, 1.807) is 0 Å². The van der Waals surface area contributed by atoms with E-state index < -0.39 is 17.7 Å². The highest BCUT2D eigenvalue weighted by atomic mass is 19.4. The Morgan fingerprint density at radius 1 is 1.04 bits per heavy atom. The van der Waals surface area contributed by atoms with Gasteiger partial charge in [-0.25, -0.2) is 4.79 Å². The number of carbonyl (C=O) groups excluding carboxylic acids is 2. The first kappa shape index (κ1) is 18.5. The van der Waals surface area contributed by atoms with Crippen molar-refractivity contribution in [1.82, 2.24) is 0 Å². The molecule has 2 rings (SSSR count). The van der Waals surface area contributed by atoms with Crippen molar-refractivity contribution in [3.05, 3.63) is 64.7 Å². The van der Waals surface area contributed by atoms with Gasteiger partial charge >= 0.3 is 12.1 Å². The quantitative estimate of drug-likeness (QED) is 0.596. The largest absolute Gasteiger partial charge is 0.489 e. The normalized spacial score (nSPS) is 11.1. The first-order valence-electron chi connectivity index (χ1n) is 7.25. The lowest BCUT2D eigenvalue weighted by Gasteiger charge is -2.14. The second-order valence-electron chi connectivity index (χ2n) is 5.20. The summed E-state index contributed by atoms with van der Waals surface area (Å²) in [6.07, 6.45) is -4.49. The SMILES string of the molecule is COC(=O)c1cc(OCc2ccccc2C(F)(F)F)ccc1C(C)=O. The van der Waals surface area contributed by atoms with Crippen molar-refractivity contribution in [2.75, 3.05) is 7.11 Å². The molecule has 7 heteroatoms. The molecule has 0 N–H and O–H groups in total. The number of methoxy groups -OCH3 is 1.